The molecule has 0 aliphatic rings. The highest BCUT2D eigenvalue weighted by Gasteiger charge is 2.30. The molecule has 0 aliphatic heterocycles. The number of hydrogen-bond donors (Lipinski definition) is 2. The third-order valence-corrected chi connectivity index (χ3v) is 1.95. The molecule has 15 heavy (non-hydrogen) atoms. The Balaban J connectivity index is 3.00. The van der Waals surface area contributed by atoms with Crippen LogP contribution in [0.4, 0.5) is 0 Å². The Morgan fingerprint density at radius 1 is 1.67 bits per heavy atom. The van der Waals surface area contributed by atoms with Crippen molar-refractivity contribution >= 4 is 5.97 Å². The first-order valence-electron chi connectivity index (χ1n) is 4.33. The standard InChI is InChI=1S/C9H12N2O4/c1-6-3-4-11(8(14)10-6)5-9(2,15)7(12)13/h3-4,15H,5H2,1-2H3,(H,12,13). The molecule has 1 heterocycles. The van der Waals surface area contributed by atoms with Gasteiger partial charge in [-0.15, -0.1) is 0 Å². The third-order valence-electron chi connectivity index (χ3n) is 1.95. The molecule has 0 bridgehead atoms. The lowest BCUT2D eigenvalue weighted by Crippen LogP contribution is -2.42. The van der Waals surface area contributed by atoms with Gasteiger partial charge in [0.1, 0.15) is 0 Å². The second-order valence-electron chi connectivity index (χ2n) is 3.56. The lowest BCUT2D eigenvalue weighted by Gasteiger charge is -2.18. The molecule has 1 rings (SSSR count). The molecule has 0 saturated carbocycles. The highest BCUT2D eigenvalue weighted by molar-refractivity contribution is 5.76. The van der Waals surface area contributed by atoms with Crippen LogP contribution < -0.4 is 5.69 Å². The number of aryl methyl sites for hydroxylation is 1. The van der Waals surface area contributed by atoms with Crippen LogP contribution >= 0.6 is 0 Å². The van der Waals surface area contributed by atoms with Crippen LogP contribution in [0.3, 0.4) is 0 Å². The molecule has 1 unspecified atom stereocenters. The second kappa shape index (κ2) is 3.82. The minimum absolute atomic E-state index is 0.325. The van der Waals surface area contributed by atoms with E-state index in [-0.39, 0.29) is 6.54 Å². The molecular formula is C9H12N2O4. The molecule has 0 fully saturated rings. The topological polar surface area (TPSA) is 92.4 Å². The van der Waals surface area contributed by atoms with E-state index < -0.39 is 17.3 Å². The molecule has 2 N–H and O–H groups in total. The zero-order valence-corrected chi connectivity index (χ0v) is 8.47. The van der Waals surface area contributed by atoms with E-state index in [0.29, 0.717) is 5.69 Å². The van der Waals surface area contributed by atoms with Crippen molar-refractivity contribution < 1.29 is 15.0 Å². The first-order chi connectivity index (χ1) is 6.83. The van der Waals surface area contributed by atoms with Gasteiger partial charge in [0.05, 0.1) is 6.54 Å². The summed E-state index contributed by atoms with van der Waals surface area (Å²) in [4.78, 5) is 25.5. The zero-order valence-electron chi connectivity index (χ0n) is 8.47. The first-order valence-corrected chi connectivity index (χ1v) is 4.33. The maximum absolute atomic E-state index is 11.3. The highest BCUT2D eigenvalue weighted by Crippen LogP contribution is 2.05. The van der Waals surface area contributed by atoms with Crippen molar-refractivity contribution in [3.05, 3.63) is 28.4 Å². The molecule has 1 atom stereocenters. The molecule has 0 aliphatic carbocycles. The molecule has 0 amide bonds. The maximum Gasteiger partial charge on any atom is 0.347 e. The van der Waals surface area contributed by atoms with Crippen LogP contribution in [0.5, 0.6) is 0 Å². The largest absolute Gasteiger partial charge is 0.479 e. The summed E-state index contributed by atoms with van der Waals surface area (Å²) in [5.41, 5.74) is -2.00. The molecule has 6 nitrogen and oxygen atoms in total. The molecule has 0 spiro atoms. The van der Waals surface area contributed by atoms with Crippen molar-refractivity contribution in [1.29, 1.82) is 0 Å². The summed E-state index contributed by atoms with van der Waals surface area (Å²) in [6, 6.07) is 1.57. The van der Waals surface area contributed by atoms with Gasteiger partial charge >= 0.3 is 11.7 Å². The molecule has 6 heteroatoms. The van der Waals surface area contributed by atoms with E-state index in [1.54, 1.807) is 13.0 Å². The monoisotopic (exact) mass is 212 g/mol. The number of aromatic nitrogens is 2. The summed E-state index contributed by atoms with van der Waals surface area (Å²) >= 11 is 0. The van der Waals surface area contributed by atoms with E-state index in [1.807, 2.05) is 0 Å². The Bertz CT molecular complexity index is 436. The first kappa shape index (κ1) is 11.4. The lowest BCUT2D eigenvalue weighted by atomic mass is 10.1. The average Bonchev–Trinajstić information content (AvgIpc) is 2.09. The Morgan fingerprint density at radius 3 is 2.73 bits per heavy atom. The molecule has 0 saturated heterocycles. The third kappa shape index (κ3) is 2.63. The van der Waals surface area contributed by atoms with Crippen LogP contribution in [0.25, 0.3) is 0 Å². The smallest absolute Gasteiger partial charge is 0.347 e. The molecular weight excluding hydrogens is 200 g/mol. The Kier molecular flexibility index (Phi) is 2.90. The van der Waals surface area contributed by atoms with Gasteiger partial charge in [0.2, 0.25) is 0 Å². The van der Waals surface area contributed by atoms with Crippen LogP contribution in [0.15, 0.2) is 17.1 Å². The van der Waals surface area contributed by atoms with Crippen LogP contribution in [0.2, 0.25) is 0 Å². The van der Waals surface area contributed by atoms with E-state index in [4.69, 9.17) is 5.11 Å². The zero-order chi connectivity index (χ0) is 11.6. The molecule has 1 aromatic heterocycles. The van der Waals surface area contributed by atoms with Gasteiger partial charge in [-0.05, 0) is 19.9 Å². The van der Waals surface area contributed by atoms with Gasteiger partial charge in [-0.1, -0.05) is 0 Å². The number of nitrogens with zero attached hydrogens (tertiary/aromatic N) is 2. The van der Waals surface area contributed by atoms with Crippen LogP contribution in [-0.2, 0) is 11.3 Å². The summed E-state index contributed by atoms with van der Waals surface area (Å²) in [6.45, 7) is 2.46. The number of carboxylic acids is 1. The van der Waals surface area contributed by atoms with Gasteiger partial charge in [-0.25, -0.2) is 9.59 Å². The summed E-state index contributed by atoms with van der Waals surface area (Å²) in [5, 5.41) is 18.1. The number of carbonyl (C=O) groups is 1. The van der Waals surface area contributed by atoms with E-state index in [0.717, 1.165) is 11.5 Å². The second-order valence-corrected chi connectivity index (χ2v) is 3.56. The molecule has 1 aromatic rings. The van der Waals surface area contributed by atoms with Crippen molar-refractivity contribution in [3.63, 3.8) is 0 Å². The van der Waals surface area contributed by atoms with Crippen molar-refractivity contribution in [3.8, 4) is 0 Å². The fraction of sp³-hybridized carbons (Fsp3) is 0.444. The maximum atomic E-state index is 11.3. The van der Waals surface area contributed by atoms with Gasteiger partial charge in [0.25, 0.3) is 0 Å². The summed E-state index contributed by atoms with van der Waals surface area (Å²) < 4.78 is 1.06. The summed E-state index contributed by atoms with van der Waals surface area (Å²) in [5.74, 6) is -1.38. The van der Waals surface area contributed by atoms with E-state index in [9.17, 15) is 14.7 Å². The average molecular weight is 212 g/mol. The lowest BCUT2D eigenvalue weighted by molar-refractivity contribution is -0.157. The van der Waals surface area contributed by atoms with Gasteiger partial charge in [-0.2, -0.15) is 4.98 Å². The Morgan fingerprint density at radius 2 is 2.27 bits per heavy atom. The molecule has 0 aromatic carbocycles. The number of hydrogen-bond acceptors (Lipinski definition) is 4. The van der Waals surface area contributed by atoms with Gasteiger partial charge in [0, 0.05) is 11.9 Å². The van der Waals surface area contributed by atoms with Crippen LogP contribution in [0, 0.1) is 6.92 Å². The number of carboxylic acid groups (broad SMARTS) is 1. The van der Waals surface area contributed by atoms with Gasteiger partial charge < -0.3 is 10.2 Å². The summed E-state index contributed by atoms with van der Waals surface area (Å²) in [6.07, 6.45) is 1.40. The van der Waals surface area contributed by atoms with Gasteiger partial charge in [0.15, 0.2) is 5.60 Å². The molecule has 0 radical (unpaired) electrons. The van der Waals surface area contributed by atoms with Gasteiger partial charge in [-0.3, -0.25) is 4.57 Å². The van der Waals surface area contributed by atoms with E-state index in [2.05, 4.69) is 4.98 Å². The van der Waals surface area contributed by atoms with E-state index >= 15 is 0 Å². The predicted molar refractivity (Wildman–Crippen MR) is 51.5 cm³/mol. The van der Waals surface area contributed by atoms with Crippen molar-refractivity contribution in [1.82, 2.24) is 9.55 Å². The number of aliphatic carboxylic acids is 1. The Hall–Kier alpha value is -1.69. The fourth-order valence-electron chi connectivity index (χ4n) is 1.03. The number of rotatable bonds is 3. The number of aliphatic hydroxyl groups is 1. The predicted octanol–water partition coefficient (Wildman–Crippen LogP) is -0.613. The minimum atomic E-state index is -1.97. The minimum Gasteiger partial charge on any atom is -0.479 e. The summed E-state index contributed by atoms with van der Waals surface area (Å²) in [7, 11) is 0. The fourth-order valence-corrected chi connectivity index (χ4v) is 1.03. The SMILES string of the molecule is Cc1ccn(CC(C)(O)C(=O)O)c(=O)n1. The Labute approximate surface area is 85.8 Å². The molecule has 82 valence electrons. The van der Waals surface area contributed by atoms with Crippen LogP contribution in [0.1, 0.15) is 12.6 Å². The van der Waals surface area contributed by atoms with Crippen LogP contribution in [-0.4, -0.2) is 31.3 Å². The van der Waals surface area contributed by atoms with Crippen molar-refractivity contribution in [2.75, 3.05) is 0 Å². The van der Waals surface area contributed by atoms with Crippen molar-refractivity contribution in [2.45, 2.75) is 26.0 Å². The quantitative estimate of drug-likeness (QED) is 0.697. The highest BCUT2D eigenvalue weighted by atomic mass is 16.4. The van der Waals surface area contributed by atoms with E-state index in [1.165, 1.54) is 6.20 Å². The normalized spacial score (nSPS) is 14.6. The van der Waals surface area contributed by atoms with Crippen molar-refractivity contribution in [2.24, 2.45) is 0 Å².